The highest BCUT2D eigenvalue weighted by molar-refractivity contribution is 7.21. The molecule has 138 valence electrons. The lowest BCUT2D eigenvalue weighted by Gasteiger charge is -2.10. The van der Waals surface area contributed by atoms with E-state index in [2.05, 4.69) is 10.3 Å². The molecule has 0 atom stereocenters. The van der Waals surface area contributed by atoms with Crippen LogP contribution in [-0.4, -0.2) is 15.8 Å². The summed E-state index contributed by atoms with van der Waals surface area (Å²) in [6.45, 7) is 1.62. The van der Waals surface area contributed by atoms with Gasteiger partial charge in [-0.15, -0.1) is 11.3 Å². The predicted octanol–water partition coefficient (Wildman–Crippen LogP) is 5.43. The van der Waals surface area contributed by atoms with E-state index in [0.29, 0.717) is 11.3 Å². The predicted molar refractivity (Wildman–Crippen MR) is 111 cm³/mol. The largest absolute Gasteiger partial charge is 0.321 e. The van der Waals surface area contributed by atoms with Gasteiger partial charge in [0.15, 0.2) is 0 Å². The number of fused-ring (bicyclic) bond motifs is 1. The quantitative estimate of drug-likeness (QED) is 0.372. The number of amides is 1. The molecule has 0 aliphatic rings. The molecule has 7 heteroatoms. The molecule has 4 aromatic rings. The number of anilines is 1. The third kappa shape index (κ3) is 3.23. The highest BCUT2D eigenvalue weighted by atomic mass is 32.1. The summed E-state index contributed by atoms with van der Waals surface area (Å²) in [5, 5.41) is 15.0. The highest BCUT2D eigenvalue weighted by Gasteiger charge is 2.23. The van der Waals surface area contributed by atoms with Gasteiger partial charge in [-0.3, -0.25) is 14.9 Å². The Morgan fingerprint density at radius 3 is 2.57 bits per heavy atom. The molecule has 0 bridgehead atoms. The number of thiazole rings is 1. The summed E-state index contributed by atoms with van der Waals surface area (Å²) >= 11 is 1.53. The molecule has 0 spiro atoms. The van der Waals surface area contributed by atoms with Crippen LogP contribution in [0.5, 0.6) is 0 Å². The van der Waals surface area contributed by atoms with E-state index in [1.807, 2.05) is 36.4 Å². The van der Waals surface area contributed by atoms with Gasteiger partial charge in [0, 0.05) is 11.1 Å². The SMILES string of the molecule is Cc1cccc(C(=O)Nc2ccccc2-c2nc3ccccc3s2)c1[N+](=O)[O-]. The summed E-state index contributed by atoms with van der Waals surface area (Å²) in [6.07, 6.45) is 0. The van der Waals surface area contributed by atoms with E-state index in [0.717, 1.165) is 20.8 Å². The summed E-state index contributed by atoms with van der Waals surface area (Å²) in [6, 6.07) is 19.8. The Kier molecular flexibility index (Phi) is 4.58. The molecule has 3 aromatic carbocycles. The molecule has 4 rings (SSSR count). The fourth-order valence-electron chi connectivity index (χ4n) is 3.04. The van der Waals surface area contributed by atoms with Gasteiger partial charge in [-0.2, -0.15) is 0 Å². The number of hydrogen-bond donors (Lipinski definition) is 1. The topological polar surface area (TPSA) is 85.1 Å². The maximum Gasteiger partial charge on any atom is 0.285 e. The van der Waals surface area contributed by atoms with E-state index in [4.69, 9.17) is 0 Å². The molecule has 0 fully saturated rings. The Morgan fingerprint density at radius 2 is 1.79 bits per heavy atom. The molecule has 0 aliphatic heterocycles. The zero-order chi connectivity index (χ0) is 19.7. The molecule has 28 heavy (non-hydrogen) atoms. The molecule has 6 nitrogen and oxygen atoms in total. The number of hydrogen-bond acceptors (Lipinski definition) is 5. The minimum atomic E-state index is -0.524. The molecule has 0 radical (unpaired) electrons. The van der Waals surface area contributed by atoms with Crippen molar-refractivity contribution in [2.45, 2.75) is 6.92 Å². The van der Waals surface area contributed by atoms with Gasteiger partial charge in [-0.1, -0.05) is 36.4 Å². The van der Waals surface area contributed by atoms with Crippen LogP contribution in [0.3, 0.4) is 0 Å². The van der Waals surface area contributed by atoms with Crippen LogP contribution in [0.4, 0.5) is 11.4 Å². The third-order valence-electron chi connectivity index (χ3n) is 4.36. The maximum absolute atomic E-state index is 12.8. The zero-order valence-electron chi connectivity index (χ0n) is 14.9. The van der Waals surface area contributed by atoms with E-state index in [9.17, 15) is 14.9 Å². The number of nitrogens with zero attached hydrogens (tertiary/aromatic N) is 2. The average Bonchev–Trinajstić information content (AvgIpc) is 3.12. The number of carbonyl (C=O) groups is 1. The second-order valence-corrected chi connectivity index (χ2v) is 7.25. The van der Waals surface area contributed by atoms with Gasteiger partial charge in [-0.25, -0.2) is 4.98 Å². The summed E-state index contributed by atoms with van der Waals surface area (Å²) in [5.41, 5.74) is 2.51. The lowest BCUT2D eigenvalue weighted by Crippen LogP contribution is -2.15. The number of aromatic nitrogens is 1. The normalized spacial score (nSPS) is 10.8. The van der Waals surface area contributed by atoms with Crippen molar-refractivity contribution in [1.82, 2.24) is 4.98 Å². The van der Waals surface area contributed by atoms with Gasteiger partial charge in [0.05, 0.1) is 20.8 Å². The van der Waals surface area contributed by atoms with Gasteiger partial charge in [0.25, 0.3) is 11.6 Å². The van der Waals surface area contributed by atoms with Gasteiger partial charge in [-0.05, 0) is 37.3 Å². The minimum Gasteiger partial charge on any atom is -0.321 e. The van der Waals surface area contributed by atoms with E-state index >= 15 is 0 Å². The van der Waals surface area contributed by atoms with E-state index in [1.165, 1.54) is 17.4 Å². The van der Waals surface area contributed by atoms with E-state index < -0.39 is 10.8 Å². The molecule has 0 saturated heterocycles. The Bertz CT molecular complexity index is 1180. The molecule has 1 aromatic heterocycles. The number of nitro groups is 1. The van der Waals surface area contributed by atoms with Gasteiger partial charge in [0.2, 0.25) is 0 Å². The molecule has 0 unspecified atom stereocenters. The van der Waals surface area contributed by atoms with Crippen LogP contribution in [0, 0.1) is 17.0 Å². The average molecular weight is 389 g/mol. The summed E-state index contributed by atoms with van der Waals surface area (Å²) in [5.74, 6) is -0.524. The van der Waals surface area contributed by atoms with Gasteiger partial charge < -0.3 is 5.32 Å². The molecule has 0 saturated carbocycles. The standard InChI is InChI=1S/C21H15N3O3S/c1-13-7-6-9-15(19(13)24(26)27)20(25)22-16-10-3-2-8-14(16)21-23-17-11-4-5-12-18(17)28-21/h2-12H,1H3,(H,22,25). The van der Waals surface area contributed by atoms with Crippen molar-refractivity contribution in [2.75, 3.05) is 5.32 Å². The fraction of sp³-hybridized carbons (Fsp3) is 0.0476. The van der Waals surface area contributed by atoms with Crippen molar-refractivity contribution in [3.63, 3.8) is 0 Å². The van der Waals surface area contributed by atoms with Crippen LogP contribution < -0.4 is 5.32 Å². The van der Waals surface area contributed by atoms with Crippen molar-refractivity contribution in [1.29, 1.82) is 0 Å². The fourth-order valence-corrected chi connectivity index (χ4v) is 4.05. The minimum absolute atomic E-state index is 0.0316. The van der Waals surface area contributed by atoms with Gasteiger partial charge in [0.1, 0.15) is 10.6 Å². The van der Waals surface area contributed by atoms with Crippen LogP contribution in [0.2, 0.25) is 0 Å². The molecular weight excluding hydrogens is 374 g/mol. The molecule has 1 N–H and O–H groups in total. The Hall–Kier alpha value is -3.58. The first kappa shape index (κ1) is 17.8. The van der Waals surface area contributed by atoms with Crippen molar-refractivity contribution in [3.05, 3.63) is 88.0 Å². The maximum atomic E-state index is 12.8. The van der Waals surface area contributed by atoms with Crippen molar-refractivity contribution in [3.8, 4) is 10.6 Å². The smallest absolute Gasteiger partial charge is 0.285 e. The van der Waals surface area contributed by atoms with Crippen LogP contribution in [0.15, 0.2) is 66.7 Å². The second-order valence-electron chi connectivity index (χ2n) is 6.21. The number of carbonyl (C=O) groups excluding carboxylic acids is 1. The first-order valence-electron chi connectivity index (χ1n) is 8.55. The Morgan fingerprint density at radius 1 is 1.04 bits per heavy atom. The van der Waals surface area contributed by atoms with E-state index in [1.54, 1.807) is 31.2 Å². The Labute approximate surface area is 164 Å². The molecule has 0 aliphatic carbocycles. The van der Waals surface area contributed by atoms with Crippen LogP contribution in [0.1, 0.15) is 15.9 Å². The Balaban J connectivity index is 1.73. The number of nitrogens with one attached hydrogen (secondary N) is 1. The van der Waals surface area contributed by atoms with Crippen LogP contribution in [0.25, 0.3) is 20.8 Å². The summed E-state index contributed by atoms with van der Waals surface area (Å²) < 4.78 is 1.05. The number of benzene rings is 3. The van der Waals surface area contributed by atoms with Crippen LogP contribution >= 0.6 is 11.3 Å². The lowest BCUT2D eigenvalue weighted by atomic mass is 10.1. The first-order chi connectivity index (χ1) is 13.5. The van der Waals surface area contributed by atoms with Gasteiger partial charge >= 0.3 is 0 Å². The van der Waals surface area contributed by atoms with Crippen molar-refractivity contribution < 1.29 is 9.72 Å². The molecule has 1 heterocycles. The number of aryl methyl sites for hydroxylation is 1. The van der Waals surface area contributed by atoms with E-state index in [-0.39, 0.29) is 11.3 Å². The number of rotatable bonds is 4. The highest BCUT2D eigenvalue weighted by Crippen LogP contribution is 2.35. The number of para-hydroxylation sites is 3. The zero-order valence-corrected chi connectivity index (χ0v) is 15.7. The monoisotopic (exact) mass is 389 g/mol. The lowest BCUT2D eigenvalue weighted by molar-refractivity contribution is -0.385. The first-order valence-corrected chi connectivity index (χ1v) is 9.36. The van der Waals surface area contributed by atoms with Crippen LogP contribution in [-0.2, 0) is 0 Å². The number of nitro benzene ring substituents is 1. The summed E-state index contributed by atoms with van der Waals surface area (Å²) in [7, 11) is 0. The van der Waals surface area contributed by atoms with Crippen molar-refractivity contribution >= 4 is 38.8 Å². The van der Waals surface area contributed by atoms with Crippen molar-refractivity contribution in [2.24, 2.45) is 0 Å². The molecule has 1 amide bonds. The third-order valence-corrected chi connectivity index (χ3v) is 5.43. The molecular formula is C21H15N3O3S. The summed E-state index contributed by atoms with van der Waals surface area (Å²) in [4.78, 5) is 28.3. The second kappa shape index (κ2) is 7.21.